The molecule has 0 saturated heterocycles. The summed E-state index contributed by atoms with van der Waals surface area (Å²) in [5.74, 6) is 2.23. The van der Waals surface area contributed by atoms with Gasteiger partial charge in [-0.25, -0.2) is 0 Å². The second-order valence-electron chi connectivity index (χ2n) is 7.65. The molecule has 0 aliphatic heterocycles. The minimum absolute atomic E-state index is 0.0667. The molecule has 4 unspecified atom stereocenters. The van der Waals surface area contributed by atoms with E-state index in [4.69, 9.17) is 4.74 Å². The van der Waals surface area contributed by atoms with Crippen LogP contribution in [0.3, 0.4) is 0 Å². The standard InChI is InChI=1S/C19H30O2/c1-13-6-7-16-15(14(13)5-4-12-21-3)10-11-19(2)17(16)8-9-18(19)20/h4-5,15-18,20H,6-12H2,1-3H3/b5-4-/t15?,16?,17-,18?,19?/m0/s1. The monoisotopic (exact) mass is 290 g/mol. The van der Waals surface area contributed by atoms with Gasteiger partial charge in [-0.05, 0) is 74.2 Å². The number of aliphatic hydroxyl groups excluding tert-OH is 1. The average molecular weight is 290 g/mol. The Labute approximate surface area is 129 Å². The maximum absolute atomic E-state index is 10.4. The number of rotatable bonds is 3. The van der Waals surface area contributed by atoms with Crippen LogP contribution in [-0.4, -0.2) is 24.9 Å². The first-order valence-electron chi connectivity index (χ1n) is 8.61. The topological polar surface area (TPSA) is 29.5 Å². The molecule has 0 spiro atoms. The quantitative estimate of drug-likeness (QED) is 0.848. The lowest BCUT2D eigenvalue weighted by Crippen LogP contribution is -2.44. The van der Waals surface area contributed by atoms with Crippen LogP contribution < -0.4 is 0 Å². The molecule has 0 radical (unpaired) electrons. The van der Waals surface area contributed by atoms with Crippen molar-refractivity contribution in [2.45, 2.75) is 58.5 Å². The second kappa shape index (κ2) is 5.89. The number of ether oxygens (including phenoxy) is 1. The van der Waals surface area contributed by atoms with Crippen LogP contribution in [0.5, 0.6) is 0 Å². The van der Waals surface area contributed by atoms with Crippen molar-refractivity contribution >= 4 is 0 Å². The van der Waals surface area contributed by atoms with Crippen molar-refractivity contribution in [2.75, 3.05) is 13.7 Å². The van der Waals surface area contributed by atoms with Gasteiger partial charge in [0.25, 0.3) is 0 Å². The van der Waals surface area contributed by atoms with E-state index in [1.807, 2.05) is 0 Å². The van der Waals surface area contributed by atoms with E-state index in [-0.39, 0.29) is 11.5 Å². The van der Waals surface area contributed by atoms with Gasteiger partial charge in [-0.2, -0.15) is 0 Å². The van der Waals surface area contributed by atoms with Crippen molar-refractivity contribution < 1.29 is 9.84 Å². The number of hydrogen-bond acceptors (Lipinski definition) is 2. The van der Waals surface area contributed by atoms with E-state index in [0.717, 1.165) is 24.2 Å². The number of aliphatic hydroxyl groups is 1. The lowest BCUT2D eigenvalue weighted by molar-refractivity contribution is -0.0298. The van der Waals surface area contributed by atoms with Crippen molar-refractivity contribution in [3.05, 3.63) is 23.3 Å². The molecule has 0 amide bonds. The van der Waals surface area contributed by atoms with Crippen LogP contribution >= 0.6 is 0 Å². The van der Waals surface area contributed by atoms with Crippen LogP contribution in [-0.2, 0) is 4.74 Å². The summed E-state index contributed by atoms with van der Waals surface area (Å²) in [6, 6.07) is 0. The van der Waals surface area contributed by atoms with Crippen molar-refractivity contribution in [1.29, 1.82) is 0 Å². The normalized spacial score (nSPS) is 43.2. The highest BCUT2D eigenvalue weighted by atomic mass is 16.5. The molecule has 2 nitrogen and oxygen atoms in total. The van der Waals surface area contributed by atoms with E-state index in [9.17, 15) is 5.11 Å². The summed E-state index contributed by atoms with van der Waals surface area (Å²) in [6.45, 7) is 5.35. The first-order chi connectivity index (χ1) is 10.1. The Morgan fingerprint density at radius 2 is 2.10 bits per heavy atom. The molecular formula is C19H30O2. The van der Waals surface area contributed by atoms with Crippen molar-refractivity contribution in [3.63, 3.8) is 0 Å². The van der Waals surface area contributed by atoms with Crippen molar-refractivity contribution in [1.82, 2.24) is 0 Å². The first kappa shape index (κ1) is 15.3. The predicted octanol–water partition coefficient (Wildman–Crippen LogP) is 4.10. The molecule has 0 aromatic heterocycles. The van der Waals surface area contributed by atoms with E-state index in [2.05, 4.69) is 26.0 Å². The molecular weight excluding hydrogens is 260 g/mol. The molecule has 2 fully saturated rings. The third-order valence-corrected chi connectivity index (χ3v) is 6.69. The van der Waals surface area contributed by atoms with Gasteiger partial charge in [-0.3, -0.25) is 0 Å². The third kappa shape index (κ3) is 2.51. The summed E-state index contributed by atoms with van der Waals surface area (Å²) in [7, 11) is 1.75. The maximum Gasteiger partial charge on any atom is 0.0646 e. The molecule has 3 aliphatic carbocycles. The zero-order chi connectivity index (χ0) is 15.0. The lowest BCUT2D eigenvalue weighted by atomic mass is 9.55. The van der Waals surface area contributed by atoms with Gasteiger partial charge in [0.1, 0.15) is 0 Å². The summed E-state index contributed by atoms with van der Waals surface area (Å²) in [6.07, 6.45) is 11.7. The molecule has 3 rings (SSSR count). The largest absolute Gasteiger partial charge is 0.393 e. The molecule has 21 heavy (non-hydrogen) atoms. The smallest absolute Gasteiger partial charge is 0.0646 e. The highest BCUT2D eigenvalue weighted by Gasteiger charge is 2.54. The average Bonchev–Trinajstić information content (AvgIpc) is 2.77. The highest BCUT2D eigenvalue weighted by Crippen LogP contribution is 2.60. The molecule has 5 atom stereocenters. The third-order valence-electron chi connectivity index (χ3n) is 6.69. The molecule has 118 valence electrons. The Balaban J connectivity index is 1.84. The summed E-state index contributed by atoms with van der Waals surface area (Å²) < 4.78 is 5.16. The van der Waals surface area contributed by atoms with E-state index < -0.39 is 0 Å². The molecule has 3 aliphatic rings. The number of hydrogen-bond donors (Lipinski definition) is 1. The Morgan fingerprint density at radius 3 is 2.86 bits per heavy atom. The van der Waals surface area contributed by atoms with E-state index >= 15 is 0 Å². The summed E-state index contributed by atoms with van der Waals surface area (Å²) in [5.41, 5.74) is 3.34. The number of methoxy groups -OCH3 is 1. The molecule has 0 heterocycles. The zero-order valence-corrected chi connectivity index (χ0v) is 13.8. The van der Waals surface area contributed by atoms with Gasteiger partial charge in [-0.1, -0.05) is 24.6 Å². The van der Waals surface area contributed by atoms with Gasteiger partial charge in [0.15, 0.2) is 0 Å². The van der Waals surface area contributed by atoms with E-state index in [0.29, 0.717) is 6.61 Å². The van der Waals surface area contributed by atoms with Crippen LogP contribution in [0.2, 0.25) is 0 Å². The van der Waals surface area contributed by atoms with Gasteiger partial charge in [0.2, 0.25) is 0 Å². The Hall–Kier alpha value is -0.600. The van der Waals surface area contributed by atoms with Gasteiger partial charge >= 0.3 is 0 Å². The predicted molar refractivity (Wildman–Crippen MR) is 86.0 cm³/mol. The SMILES string of the molecule is COC/C=C\C1=C(C)CCC2C1CCC1(C)C(O)CC[C@@H]21. The molecule has 2 heteroatoms. The van der Waals surface area contributed by atoms with Crippen molar-refractivity contribution in [2.24, 2.45) is 23.2 Å². The van der Waals surface area contributed by atoms with Crippen LogP contribution in [0.25, 0.3) is 0 Å². The van der Waals surface area contributed by atoms with Crippen LogP contribution in [0.1, 0.15) is 52.4 Å². The fourth-order valence-electron chi connectivity index (χ4n) is 5.43. The Morgan fingerprint density at radius 1 is 1.29 bits per heavy atom. The fourth-order valence-corrected chi connectivity index (χ4v) is 5.43. The Bertz CT molecular complexity index is 450. The maximum atomic E-state index is 10.4. The van der Waals surface area contributed by atoms with Gasteiger partial charge in [0, 0.05) is 7.11 Å². The van der Waals surface area contributed by atoms with E-state index in [1.54, 1.807) is 18.3 Å². The molecule has 0 aromatic carbocycles. The molecule has 0 bridgehead atoms. The molecule has 2 saturated carbocycles. The zero-order valence-electron chi connectivity index (χ0n) is 13.8. The van der Waals surface area contributed by atoms with E-state index in [1.165, 1.54) is 32.1 Å². The van der Waals surface area contributed by atoms with Crippen LogP contribution in [0, 0.1) is 23.2 Å². The number of allylic oxidation sites excluding steroid dienone is 3. The van der Waals surface area contributed by atoms with Gasteiger partial charge < -0.3 is 9.84 Å². The highest BCUT2D eigenvalue weighted by molar-refractivity contribution is 5.32. The number of fused-ring (bicyclic) bond motifs is 3. The fraction of sp³-hybridized carbons (Fsp3) is 0.789. The molecule has 0 aromatic rings. The minimum atomic E-state index is -0.0667. The Kier molecular flexibility index (Phi) is 4.29. The van der Waals surface area contributed by atoms with Gasteiger partial charge in [0.05, 0.1) is 12.7 Å². The first-order valence-corrected chi connectivity index (χ1v) is 8.61. The minimum Gasteiger partial charge on any atom is -0.393 e. The van der Waals surface area contributed by atoms with Crippen LogP contribution in [0.15, 0.2) is 23.3 Å². The lowest BCUT2D eigenvalue weighted by Gasteiger charge is -2.50. The van der Waals surface area contributed by atoms with Gasteiger partial charge in [-0.15, -0.1) is 0 Å². The summed E-state index contributed by atoms with van der Waals surface area (Å²) in [5, 5.41) is 10.4. The molecule has 1 N–H and O–H groups in total. The summed E-state index contributed by atoms with van der Waals surface area (Å²) >= 11 is 0. The second-order valence-corrected chi connectivity index (χ2v) is 7.65. The van der Waals surface area contributed by atoms with Crippen molar-refractivity contribution in [3.8, 4) is 0 Å². The van der Waals surface area contributed by atoms with Crippen LogP contribution in [0.4, 0.5) is 0 Å². The summed E-state index contributed by atoms with van der Waals surface area (Å²) in [4.78, 5) is 0.